The van der Waals surface area contributed by atoms with Gasteiger partial charge in [-0.1, -0.05) is 32.0 Å². The predicted octanol–water partition coefficient (Wildman–Crippen LogP) is 2.17. The van der Waals surface area contributed by atoms with Gasteiger partial charge < -0.3 is 5.73 Å². The zero-order chi connectivity index (χ0) is 9.84. The highest BCUT2D eigenvalue weighted by Gasteiger charge is 2.00. The monoisotopic (exact) mass is 176 g/mol. The fraction of sp³-hybridized carbons (Fsp3) is 0.364. The largest absolute Gasteiger partial charge is 0.384 e. The lowest BCUT2D eigenvalue weighted by atomic mass is 10.0. The van der Waals surface area contributed by atoms with Gasteiger partial charge in [0.25, 0.3) is 0 Å². The number of nitrogen functional groups attached to an aromatic ring is 1. The Balaban J connectivity index is 2.85. The summed E-state index contributed by atoms with van der Waals surface area (Å²) in [5.74, 6) is 0.785. The lowest BCUT2D eigenvalue weighted by Crippen LogP contribution is -2.11. The highest BCUT2D eigenvalue weighted by atomic mass is 14.7. The van der Waals surface area contributed by atoms with E-state index in [0.29, 0.717) is 5.92 Å². The van der Waals surface area contributed by atoms with Crippen LogP contribution in [-0.2, 0) is 6.42 Å². The second-order valence-electron chi connectivity index (χ2n) is 3.71. The van der Waals surface area contributed by atoms with E-state index in [1.165, 1.54) is 5.56 Å². The smallest absolute Gasteiger partial charge is 0.122 e. The van der Waals surface area contributed by atoms with E-state index in [2.05, 4.69) is 19.9 Å². The van der Waals surface area contributed by atoms with E-state index in [4.69, 9.17) is 11.1 Å². The third-order valence-corrected chi connectivity index (χ3v) is 1.88. The van der Waals surface area contributed by atoms with Gasteiger partial charge in [0.2, 0.25) is 0 Å². The minimum Gasteiger partial charge on any atom is -0.384 e. The quantitative estimate of drug-likeness (QED) is 0.538. The summed E-state index contributed by atoms with van der Waals surface area (Å²) < 4.78 is 0. The molecule has 13 heavy (non-hydrogen) atoms. The van der Waals surface area contributed by atoms with Crippen molar-refractivity contribution in [1.82, 2.24) is 0 Å². The van der Waals surface area contributed by atoms with Gasteiger partial charge in [-0.3, -0.25) is 5.41 Å². The van der Waals surface area contributed by atoms with Crippen molar-refractivity contribution >= 4 is 5.84 Å². The van der Waals surface area contributed by atoms with Crippen LogP contribution in [0.4, 0.5) is 0 Å². The maximum absolute atomic E-state index is 7.29. The van der Waals surface area contributed by atoms with E-state index < -0.39 is 0 Å². The van der Waals surface area contributed by atoms with Crippen molar-refractivity contribution < 1.29 is 0 Å². The molecule has 0 saturated heterocycles. The molecule has 1 aromatic rings. The van der Waals surface area contributed by atoms with Crippen LogP contribution in [0.25, 0.3) is 0 Å². The topological polar surface area (TPSA) is 49.9 Å². The molecule has 2 heteroatoms. The summed E-state index contributed by atoms with van der Waals surface area (Å²) in [4.78, 5) is 0. The van der Waals surface area contributed by atoms with Crippen molar-refractivity contribution in [2.24, 2.45) is 11.7 Å². The number of benzene rings is 1. The predicted molar refractivity (Wildman–Crippen MR) is 56.0 cm³/mol. The molecule has 0 radical (unpaired) electrons. The normalized spacial score (nSPS) is 10.4. The average Bonchev–Trinajstić information content (AvgIpc) is 2.03. The van der Waals surface area contributed by atoms with Crippen molar-refractivity contribution in [2.75, 3.05) is 0 Å². The Kier molecular flexibility index (Phi) is 3.07. The highest BCUT2D eigenvalue weighted by Crippen LogP contribution is 2.09. The van der Waals surface area contributed by atoms with Gasteiger partial charge in [0.05, 0.1) is 0 Å². The van der Waals surface area contributed by atoms with Crippen molar-refractivity contribution in [3.05, 3.63) is 35.4 Å². The Hall–Kier alpha value is -1.31. The molecule has 0 spiro atoms. The van der Waals surface area contributed by atoms with E-state index in [9.17, 15) is 0 Å². The molecule has 1 rings (SSSR count). The first-order valence-electron chi connectivity index (χ1n) is 4.53. The van der Waals surface area contributed by atoms with E-state index in [-0.39, 0.29) is 5.84 Å². The summed E-state index contributed by atoms with van der Waals surface area (Å²) in [5.41, 5.74) is 7.47. The van der Waals surface area contributed by atoms with Gasteiger partial charge in [0, 0.05) is 5.56 Å². The Morgan fingerprint density at radius 3 is 2.69 bits per heavy atom. The summed E-state index contributed by atoms with van der Waals surface area (Å²) >= 11 is 0. The highest BCUT2D eigenvalue weighted by molar-refractivity contribution is 5.95. The molecule has 0 fully saturated rings. The van der Waals surface area contributed by atoms with E-state index in [1.807, 2.05) is 18.2 Å². The molecule has 1 aromatic carbocycles. The molecule has 0 aromatic heterocycles. The second-order valence-corrected chi connectivity index (χ2v) is 3.71. The fourth-order valence-corrected chi connectivity index (χ4v) is 1.34. The van der Waals surface area contributed by atoms with Gasteiger partial charge in [-0.05, 0) is 24.0 Å². The lowest BCUT2D eigenvalue weighted by molar-refractivity contribution is 0.647. The molecule has 0 atom stereocenters. The maximum atomic E-state index is 7.29. The summed E-state index contributed by atoms with van der Waals surface area (Å²) in [7, 11) is 0. The Morgan fingerprint density at radius 1 is 1.46 bits per heavy atom. The number of amidine groups is 1. The molecule has 0 aliphatic rings. The molecule has 0 bridgehead atoms. The lowest BCUT2D eigenvalue weighted by Gasteiger charge is -2.06. The molecule has 0 saturated carbocycles. The number of nitrogens with one attached hydrogen (secondary N) is 1. The number of rotatable bonds is 3. The van der Waals surface area contributed by atoms with Crippen LogP contribution in [0.1, 0.15) is 25.0 Å². The molecular weight excluding hydrogens is 160 g/mol. The molecule has 0 aliphatic carbocycles. The summed E-state index contributed by atoms with van der Waals surface area (Å²) in [6, 6.07) is 7.88. The van der Waals surface area contributed by atoms with E-state index in [1.54, 1.807) is 0 Å². The Bertz CT molecular complexity index is 303. The summed E-state index contributed by atoms with van der Waals surface area (Å²) in [6.45, 7) is 4.36. The van der Waals surface area contributed by atoms with Gasteiger partial charge in [0.1, 0.15) is 5.84 Å². The zero-order valence-corrected chi connectivity index (χ0v) is 8.17. The minimum absolute atomic E-state index is 0.144. The SMILES string of the molecule is CC(C)Cc1cccc(C(=N)N)c1. The van der Waals surface area contributed by atoms with Crippen molar-refractivity contribution in [3.63, 3.8) is 0 Å². The van der Waals surface area contributed by atoms with Gasteiger partial charge in [-0.2, -0.15) is 0 Å². The third kappa shape index (κ3) is 2.90. The van der Waals surface area contributed by atoms with Crippen LogP contribution in [0.15, 0.2) is 24.3 Å². The molecular formula is C11H16N2. The Labute approximate surface area is 79.3 Å². The van der Waals surface area contributed by atoms with Crippen molar-refractivity contribution in [1.29, 1.82) is 5.41 Å². The number of hydrogen-bond acceptors (Lipinski definition) is 1. The molecule has 0 unspecified atom stereocenters. The fourth-order valence-electron chi connectivity index (χ4n) is 1.34. The Morgan fingerprint density at radius 2 is 2.15 bits per heavy atom. The van der Waals surface area contributed by atoms with Crippen LogP contribution < -0.4 is 5.73 Å². The van der Waals surface area contributed by atoms with Gasteiger partial charge in [-0.15, -0.1) is 0 Å². The third-order valence-electron chi connectivity index (χ3n) is 1.88. The number of nitrogens with two attached hydrogens (primary N) is 1. The first-order chi connectivity index (χ1) is 6.09. The maximum Gasteiger partial charge on any atom is 0.122 e. The van der Waals surface area contributed by atoms with Crippen LogP contribution in [0.3, 0.4) is 0 Å². The van der Waals surface area contributed by atoms with Crippen LogP contribution in [-0.4, -0.2) is 5.84 Å². The van der Waals surface area contributed by atoms with Gasteiger partial charge in [-0.25, -0.2) is 0 Å². The first kappa shape index (κ1) is 9.78. The molecule has 3 N–H and O–H groups in total. The van der Waals surface area contributed by atoms with Crippen LogP contribution in [0.2, 0.25) is 0 Å². The van der Waals surface area contributed by atoms with Gasteiger partial charge in [0.15, 0.2) is 0 Å². The molecule has 0 heterocycles. The van der Waals surface area contributed by atoms with Crippen LogP contribution in [0.5, 0.6) is 0 Å². The van der Waals surface area contributed by atoms with E-state index in [0.717, 1.165) is 12.0 Å². The van der Waals surface area contributed by atoms with E-state index >= 15 is 0 Å². The first-order valence-corrected chi connectivity index (χ1v) is 4.53. The second kappa shape index (κ2) is 4.08. The van der Waals surface area contributed by atoms with Crippen LogP contribution in [0, 0.1) is 11.3 Å². The van der Waals surface area contributed by atoms with Crippen molar-refractivity contribution in [3.8, 4) is 0 Å². The molecule has 2 nitrogen and oxygen atoms in total. The van der Waals surface area contributed by atoms with Gasteiger partial charge >= 0.3 is 0 Å². The standard InChI is InChI=1S/C11H16N2/c1-8(2)6-9-4-3-5-10(7-9)11(12)13/h3-5,7-8H,6H2,1-2H3,(H3,12,13). The molecule has 0 amide bonds. The molecule has 70 valence electrons. The van der Waals surface area contributed by atoms with Crippen molar-refractivity contribution in [2.45, 2.75) is 20.3 Å². The zero-order valence-electron chi connectivity index (χ0n) is 8.17. The van der Waals surface area contributed by atoms with Crippen LogP contribution >= 0.6 is 0 Å². The summed E-state index contributed by atoms with van der Waals surface area (Å²) in [5, 5.41) is 7.29. The minimum atomic E-state index is 0.144. The average molecular weight is 176 g/mol. The number of hydrogen-bond donors (Lipinski definition) is 2. The molecule has 0 aliphatic heterocycles. The summed E-state index contributed by atoms with van der Waals surface area (Å²) in [6.07, 6.45) is 1.04.